The van der Waals surface area contributed by atoms with E-state index >= 15 is 0 Å². The summed E-state index contributed by atoms with van der Waals surface area (Å²) in [5, 5.41) is 4.34. The van der Waals surface area contributed by atoms with Crippen molar-refractivity contribution in [2.24, 2.45) is 3.21 Å². The number of nitrogens with zero attached hydrogens (tertiary/aromatic N) is 4. The van der Waals surface area contributed by atoms with Crippen molar-refractivity contribution in [1.82, 2.24) is 14.9 Å². The molecule has 0 spiro atoms. The van der Waals surface area contributed by atoms with Crippen LogP contribution in [0.5, 0.6) is 5.75 Å². The quantitative estimate of drug-likeness (QED) is 0.396. The van der Waals surface area contributed by atoms with Crippen molar-refractivity contribution < 1.29 is 35.3 Å². The first-order valence-electron chi connectivity index (χ1n) is 11.9. The van der Waals surface area contributed by atoms with Crippen LogP contribution < -0.4 is 31.5 Å². The van der Waals surface area contributed by atoms with Gasteiger partial charge in [-0.2, -0.15) is 0 Å². The number of rotatable bonds is 8. The second-order valence-corrected chi connectivity index (χ2v) is 10.3. The standard InChI is InChI=1S/C27H28FIN5O2/c1-19-2-3-20(16-29-33-19)17-30-27-24-14-22(21-4-6-23(28)7-5-21)15-25(26(24)31-18-32-27)36-13-10-34-8-11-35-12-9-34/h2-7,14-16,18H,8-13,17H2,1H3,(H,30,31,32)/q-1. The van der Waals surface area contributed by atoms with Gasteiger partial charge in [0, 0.05) is 13.1 Å². The van der Waals surface area contributed by atoms with Crippen LogP contribution >= 0.6 is 0 Å². The predicted octanol–water partition coefficient (Wildman–Crippen LogP) is 1.48. The molecule has 7 nitrogen and oxygen atoms in total. The Morgan fingerprint density at radius 2 is 1.92 bits per heavy atom. The Hall–Kier alpha value is -2.89. The minimum atomic E-state index is -0.340. The number of nitrogens with one attached hydrogen (secondary N) is 1. The van der Waals surface area contributed by atoms with Crippen molar-refractivity contribution in [3.05, 3.63) is 70.4 Å². The van der Waals surface area contributed by atoms with Gasteiger partial charge < -0.3 is 4.74 Å². The van der Waals surface area contributed by atoms with Gasteiger partial charge in [-0.1, -0.05) is 0 Å². The Morgan fingerprint density at radius 3 is 2.75 bits per heavy atom. The van der Waals surface area contributed by atoms with Gasteiger partial charge in [0.25, 0.3) is 0 Å². The van der Waals surface area contributed by atoms with Gasteiger partial charge in [-0.15, -0.1) is 0 Å². The molecule has 1 aromatic heterocycles. The van der Waals surface area contributed by atoms with E-state index in [2.05, 4.69) is 33.5 Å². The van der Waals surface area contributed by atoms with Crippen molar-refractivity contribution >= 4 is 22.4 Å². The van der Waals surface area contributed by atoms with Crippen LogP contribution in [-0.4, -0.2) is 66.6 Å². The molecule has 0 saturated carbocycles. The third-order valence-corrected chi connectivity index (χ3v) is 8.14. The number of hydrogen-bond donors (Lipinski definition) is 1. The summed E-state index contributed by atoms with van der Waals surface area (Å²) in [6.45, 7) is 7.34. The molecule has 3 aromatic rings. The average Bonchev–Trinajstić information content (AvgIpc) is 3.12. The van der Waals surface area contributed by atoms with Crippen molar-refractivity contribution in [3.8, 4) is 16.9 Å². The summed E-state index contributed by atoms with van der Waals surface area (Å²) < 4.78 is 32.1. The number of ether oxygens (including phenoxy) is 2. The summed E-state index contributed by atoms with van der Waals surface area (Å²) in [5.41, 5.74) is 4.82. The van der Waals surface area contributed by atoms with E-state index in [-0.39, 0.29) is 27.3 Å². The number of benzene rings is 2. The van der Waals surface area contributed by atoms with Crippen LogP contribution in [0.1, 0.15) is 6.92 Å². The summed E-state index contributed by atoms with van der Waals surface area (Å²) >= 11 is -0.340. The number of fused-ring (bicyclic) bond motifs is 1. The fraction of sp³-hybridized carbons (Fsp3) is 0.296. The van der Waals surface area contributed by atoms with E-state index in [1.54, 1.807) is 18.5 Å². The summed E-state index contributed by atoms with van der Waals surface area (Å²) in [6, 6.07) is 10.5. The maximum absolute atomic E-state index is 13.6. The zero-order chi connectivity index (χ0) is 24.7. The van der Waals surface area contributed by atoms with E-state index in [9.17, 15) is 4.39 Å². The van der Waals surface area contributed by atoms with Crippen molar-refractivity contribution in [2.75, 3.05) is 51.3 Å². The van der Waals surface area contributed by atoms with Gasteiger partial charge in [-0.05, 0) is 0 Å². The molecule has 1 saturated heterocycles. The van der Waals surface area contributed by atoms with Crippen molar-refractivity contribution in [3.63, 3.8) is 0 Å². The molecule has 36 heavy (non-hydrogen) atoms. The molecule has 1 N–H and O–H groups in total. The van der Waals surface area contributed by atoms with E-state index in [4.69, 9.17) is 9.47 Å². The van der Waals surface area contributed by atoms with Crippen LogP contribution in [0.4, 0.5) is 10.2 Å². The van der Waals surface area contributed by atoms with Crippen molar-refractivity contribution in [1.29, 1.82) is 0 Å². The summed E-state index contributed by atoms with van der Waals surface area (Å²) in [6.07, 6.45) is 5.71. The SMILES string of the molecule is CC1=N[I-]C=C(CNc2ncnc3c(OCCN4CCOCC4)cc(-c4ccc(F)cc4)cc23)C=C1. The molecule has 2 aromatic carbocycles. The van der Waals surface area contributed by atoms with Gasteiger partial charge in [-0.3, -0.25) is 0 Å². The van der Waals surface area contributed by atoms with E-state index in [1.165, 1.54) is 17.7 Å². The number of anilines is 1. The fourth-order valence-electron chi connectivity index (χ4n) is 4.04. The summed E-state index contributed by atoms with van der Waals surface area (Å²) in [5.74, 6) is 1.16. The number of allylic oxidation sites excluding steroid dienone is 1. The monoisotopic (exact) mass is 600 g/mol. The molecule has 0 bridgehead atoms. The molecule has 0 amide bonds. The molecule has 0 radical (unpaired) electrons. The van der Waals surface area contributed by atoms with Crippen LogP contribution in [0.3, 0.4) is 0 Å². The Kier molecular flexibility index (Phi) is 8.19. The molecule has 188 valence electrons. The number of aromatic nitrogens is 2. The first-order chi connectivity index (χ1) is 17.7. The molecule has 5 rings (SSSR count). The normalized spacial score (nSPS) is 16.6. The van der Waals surface area contributed by atoms with Crippen LogP contribution in [0.25, 0.3) is 22.0 Å². The van der Waals surface area contributed by atoms with Crippen LogP contribution in [0.15, 0.2) is 67.7 Å². The third-order valence-electron chi connectivity index (χ3n) is 6.02. The van der Waals surface area contributed by atoms with Gasteiger partial charge in [0.15, 0.2) is 0 Å². The molecule has 2 aliphatic rings. The molecule has 0 atom stereocenters. The maximum atomic E-state index is 13.6. The Balaban J connectivity index is 1.43. The zero-order valence-electron chi connectivity index (χ0n) is 20.1. The second kappa shape index (κ2) is 11.9. The summed E-state index contributed by atoms with van der Waals surface area (Å²) in [4.78, 5) is 11.4. The van der Waals surface area contributed by atoms with E-state index in [1.807, 2.05) is 25.1 Å². The third kappa shape index (κ3) is 6.26. The van der Waals surface area contributed by atoms with Gasteiger partial charge in [0.1, 0.15) is 0 Å². The molecule has 1 fully saturated rings. The molecular formula is C27H28FIN5O2-. The van der Waals surface area contributed by atoms with Crippen LogP contribution in [-0.2, 0) is 4.74 Å². The molecule has 0 unspecified atom stereocenters. The average molecular weight is 600 g/mol. The molecule has 0 aliphatic carbocycles. The number of hydrogen-bond acceptors (Lipinski definition) is 7. The first kappa shape index (κ1) is 24.8. The van der Waals surface area contributed by atoms with E-state index in [0.717, 1.165) is 66.4 Å². The minimum absolute atomic E-state index is 0.265. The van der Waals surface area contributed by atoms with Crippen molar-refractivity contribution in [2.45, 2.75) is 6.92 Å². The topological polar surface area (TPSA) is 71.9 Å². The molecule has 9 heteroatoms. The number of halogens is 2. The fourth-order valence-corrected chi connectivity index (χ4v) is 5.57. The van der Waals surface area contributed by atoms with Gasteiger partial charge in [0.2, 0.25) is 0 Å². The van der Waals surface area contributed by atoms with E-state index in [0.29, 0.717) is 18.9 Å². The van der Waals surface area contributed by atoms with Gasteiger partial charge in [0.05, 0.1) is 13.2 Å². The van der Waals surface area contributed by atoms with E-state index < -0.39 is 0 Å². The predicted molar refractivity (Wildman–Crippen MR) is 137 cm³/mol. The second-order valence-electron chi connectivity index (χ2n) is 8.60. The molecular weight excluding hydrogens is 572 g/mol. The Bertz CT molecular complexity index is 1300. The molecule has 3 heterocycles. The molecule has 2 aliphatic heterocycles. The Morgan fingerprint density at radius 1 is 1.08 bits per heavy atom. The van der Waals surface area contributed by atoms with Gasteiger partial charge >= 0.3 is 186 Å². The Labute approximate surface area is 220 Å². The van der Waals surface area contributed by atoms with Crippen LogP contribution in [0, 0.1) is 5.82 Å². The number of morpholine rings is 1. The van der Waals surface area contributed by atoms with Gasteiger partial charge in [-0.25, -0.2) is 4.39 Å². The first-order valence-corrected chi connectivity index (χ1v) is 14.1. The summed E-state index contributed by atoms with van der Waals surface area (Å²) in [7, 11) is 0. The van der Waals surface area contributed by atoms with Crippen LogP contribution in [0.2, 0.25) is 0 Å². The zero-order valence-corrected chi connectivity index (χ0v) is 22.2.